The van der Waals surface area contributed by atoms with Crippen LogP contribution in [-0.2, 0) is 20.8 Å². The molecule has 2 aromatic carbocycles. The number of methoxy groups -OCH3 is 1. The van der Waals surface area contributed by atoms with Gasteiger partial charge in [0.15, 0.2) is 0 Å². The van der Waals surface area contributed by atoms with Gasteiger partial charge in [0.2, 0.25) is 17.7 Å². The second-order valence-corrected chi connectivity index (χ2v) is 8.68. The van der Waals surface area contributed by atoms with Crippen molar-refractivity contribution in [3.05, 3.63) is 66.4 Å². The molecule has 4 rings (SSSR count). The number of fused-ring (bicyclic) bond motifs is 1. The molecule has 0 aliphatic carbocycles. The molecule has 3 aromatic rings. The molecular formula is C26H30N6O4. The number of nitrogens with one attached hydrogen (secondary N) is 4. The number of aromatic nitrogens is 1. The number of ether oxygens (including phenoxy) is 1. The van der Waals surface area contributed by atoms with Crippen molar-refractivity contribution >= 4 is 34.3 Å². The highest BCUT2D eigenvalue weighted by molar-refractivity contribution is 5.99. The fourth-order valence-corrected chi connectivity index (χ4v) is 4.18. The molecule has 3 amide bonds. The van der Waals surface area contributed by atoms with Gasteiger partial charge in [-0.25, -0.2) is 0 Å². The van der Waals surface area contributed by atoms with Crippen LogP contribution in [0.2, 0.25) is 0 Å². The van der Waals surface area contributed by atoms with Gasteiger partial charge in [-0.05, 0) is 36.2 Å². The van der Waals surface area contributed by atoms with Gasteiger partial charge in [-0.1, -0.05) is 30.3 Å². The van der Waals surface area contributed by atoms with E-state index in [2.05, 4.69) is 26.3 Å². The standard InChI is InChI=1S/C26H30N6O4/c1-36-20-8-6-16(7-9-20)10-23(32-25(34)22-12-19(15-29-22)30-24(33)13-27)26(35)31-18-11-17-4-2-3-5-21(17)28-14-18/h2-9,11,14,19,22-23,29H,10,12-13,15,27H2,1H3,(H,30,33)(H,31,35)(H,32,34)/t19-,22+,23-/m1/s1. The van der Waals surface area contributed by atoms with Crippen molar-refractivity contribution in [2.75, 3.05) is 25.5 Å². The average Bonchev–Trinajstić information content (AvgIpc) is 3.37. The maximum atomic E-state index is 13.3. The lowest BCUT2D eigenvalue weighted by atomic mass is 10.0. The van der Waals surface area contributed by atoms with Crippen LogP contribution in [0.15, 0.2) is 60.8 Å². The summed E-state index contributed by atoms with van der Waals surface area (Å²) in [4.78, 5) is 42.3. The second-order valence-electron chi connectivity index (χ2n) is 8.68. The number of carbonyl (C=O) groups excluding carboxylic acids is 3. The molecule has 2 heterocycles. The van der Waals surface area contributed by atoms with Gasteiger partial charge in [-0.15, -0.1) is 0 Å². The van der Waals surface area contributed by atoms with Gasteiger partial charge in [0.05, 0.1) is 37.1 Å². The van der Waals surface area contributed by atoms with Crippen LogP contribution in [-0.4, -0.2) is 61.0 Å². The average molecular weight is 491 g/mol. The van der Waals surface area contributed by atoms with Gasteiger partial charge in [-0.3, -0.25) is 19.4 Å². The molecule has 3 atom stereocenters. The summed E-state index contributed by atoms with van der Waals surface area (Å²) in [6.45, 7) is 0.336. The van der Waals surface area contributed by atoms with Gasteiger partial charge in [0.1, 0.15) is 11.8 Å². The highest BCUT2D eigenvalue weighted by Crippen LogP contribution is 2.18. The Morgan fingerprint density at radius 3 is 2.69 bits per heavy atom. The Morgan fingerprint density at radius 1 is 1.17 bits per heavy atom. The Kier molecular flexibility index (Phi) is 8.09. The number of nitrogens with zero attached hydrogens (tertiary/aromatic N) is 1. The number of hydrogen-bond donors (Lipinski definition) is 5. The zero-order valence-corrected chi connectivity index (χ0v) is 20.0. The van der Waals surface area contributed by atoms with E-state index in [-0.39, 0.29) is 36.7 Å². The summed E-state index contributed by atoms with van der Waals surface area (Å²) in [5.41, 5.74) is 7.58. The normalized spacial score (nSPS) is 17.8. The number of pyridine rings is 1. The van der Waals surface area contributed by atoms with Crippen LogP contribution >= 0.6 is 0 Å². The first-order valence-electron chi connectivity index (χ1n) is 11.8. The van der Waals surface area contributed by atoms with Crippen molar-refractivity contribution in [2.45, 2.75) is 31.0 Å². The maximum absolute atomic E-state index is 13.3. The Labute approximate surface area is 209 Å². The van der Waals surface area contributed by atoms with Crippen molar-refractivity contribution in [2.24, 2.45) is 5.73 Å². The van der Waals surface area contributed by atoms with Crippen LogP contribution in [0.25, 0.3) is 10.9 Å². The van der Waals surface area contributed by atoms with E-state index in [4.69, 9.17) is 10.5 Å². The molecule has 10 heteroatoms. The zero-order valence-electron chi connectivity index (χ0n) is 20.0. The smallest absolute Gasteiger partial charge is 0.247 e. The van der Waals surface area contributed by atoms with Crippen molar-refractivity contribution in [3.63, 3.8) is 0 Å². The largest absolute Gasteiger partial charge is 0.497 e. The second kappa shape index (κ2) is 11.6. The summed E-state index contributed by atoms with van der Waals surface area (Å²) < 4.78 is 5.21. The molecule has 0 radical (unpaired) electrons. The molecular weight excluding hydrogens is 460 g/mol. The lowest BCUT2D eigenvalue weighted by molar-refractivity contribution is -0.127. The number of rotatable bonds is 9. The molecule has 1 aromatic heterocycles. The van der Waals surface area contributed by atoms with Crippen LogP contribution < -0.4 is 31.7 Å². The number of nitrogens with two attached hydrogens (primary N) is 1. The fraction of sp³-hybridized carbons (Fsp3) is 0.308. The molecule has 1 saturated heterocycles. The molecule has 0 unspecified atom stereocenters. The molecule has 0 bridgehead atoms. The fourth-order valence-electron chi connectivity index (χ4n) is 4.18. The molecule has 6 N–H and O–H groups in total. The number of amides is 3. The molecule has 36 heavy (non-hydrogen) atoms. The van der Waals surface area contributed by atoms with E-state index in [9.17, 15) is 14.4 Å². The Hall–Kier alpha value is -4.02. The van der Waals surface area contributed by atoms with E-state index < -0.39 is 12.1 Å². The van der Waals surface area contributed by atoms with Gasteiger partial charge >= 0.3 is 0 Å². The quantitative estimate of drug-likeness (QED) is 0.297. The van der Waals surface area contributed by atoms with E-state index in [0.717, 1.165) is 16.5 Å². The maximum Gasteiger partial charge on any atom is 0.247 e. The van der Waals surface area contributed by atoms with Crippen LogP contribution in [0.3, 0.4) is 0 Å². The van der Waals surface area contributed by atoms with Crippen molar-refractivity contribution < 1.29 is 19.1 Å². The summed E-state index contributed by atoms with van der Waals surface area (Å²) in [5.74, 6) is -0.248. The Balaban J connectivity index is 1.47. The first kappa shape index (κ1) is 25.1. The van der Waals surface area contributed by atoms with E-state index in [0.29, 0.717) is 24.4 Å². The van der Waals surface area contributed by atoms with Gasteiger partial charge < -0.3 is 31.7 Å². The number of carbonyl (C=O) groups is 3. The summed E-state index contributed by atoms with van der Waals surface area (Å²) in [6, 6.07) is 15.2. The van der Waals surface area contributed by atoms with E-state index in [1.807, 2.05) is 54.6 Å². The number of para-hydroxylation sites is 1. The van der Waals surface area contributed by atoms with Gasteiger partial charge in [-0.2, -0.15) is 0 Å². The summed E-state index contributed by atoms with van der Waals surface area (Å²) in [5, 5.41) is 12.5. The van der Waals surface area contributed by atoms with Crippen molar-refractivity contribution in [1.82, 2.24) is 20.9 Å². The summed E-state index contributed by atoms with van der Waals surface area (Å²) >= 11 is 0. The molecule has 1 fully saturated rings. The van der Waals surface area contributed by atoms with Crippen LogP contribution in [0.5, 0.6) is 5.75 Å². The Morgan fingerprint density at radius 2 is 1.94 bits per heavy atom. The number of anilines is 1. The number of benzene rings is 2. The first-order valence-corrected chi connectivity index (χ1v) is 11.8. The topological polar surface area (TPSA) is 147 Å². The molecule has 0 spiro atoms. The first-order chi connectivity index (χ1) is 17.4. The third kappa shape index (κ3) is 6.35. The van der Waals surface area contributed by atoms with Crippen LogP contribution in [0.4, 0.5) is 5.69 Å². The molecule has 1 aliphatic heterocycles. The minimum Gasteiger partial charge on any atom is -0.497 e. The van der Waals surface area contributed by atoms with E-state index in [1.54, 1.807) is 13.3 Å². The number of hydrogen-bond acceptors (Lipinski definition) is 7. The lowest BCUT2D eigenvalue weighted by Gasteiger charge is -2.21. The molecule has 10 nitrogen and oxygen atoms in total. The van der Waals surface area contributed by atoms with Crippen molar-refractivity contribution in [3.8, 4) is 5.75 Å². The molecule has 188 valence electrons. The predicted octanol–water partition coefficient (Wildman–Crippen LogP) is 0.715. The summed E-state index contributed by atoms with van der Waals surface area (Å²) in [7, 11) is 1.58. The molecule has 0 saturated carbocycles. The Bertz CT molecular complexity index is 1230. The summed E-state index contributed by atoms with van der Waals surface area (Å²) in [6.07, 6.45) is 2.28. The lowest BCUT2D eigenvalue weighted by Crippen LogP contribution is -2.50. The SMILES string of the molecule is COc1ccc(C[C@@H](NC(=O)[C@@H]2C[C@@H](NC(=O)CN)CN2)C(=O)Nc2cnc3ccccc3c2)cc1. The van der Waals surface area contributed by atoms with Crippen LogP contribution in [0, 0.1) is 0 Å². The third-order valence-corrected chi connectivity index (χ3v) is 6.09. The van der Waals surface area contributed by atoms with Crippen molar-refractivity contribution in [1.29, 1.82) is 0 Å². The minimum atomic E-state index is -0.836. The predicted molar refractivity (Wildman–Crippen MR) is 136 cm³/mol. The van der Waals surface area contributed by atoms with Gasteiger partial charge in [0.25, 0.3) is 0 Å². The highest BCUT2D eigenvalue weighted by Gasteiger charge is 2.32. The van der Waals surface area contributed by atoms with E-state index in [1.165, 1.54) is 0 Å². The molecule has 1 aliphatic rings. The van der Waals surface area contributed by atoms with Crippen LogP contribution in [0.1, 0.15) is 12.0 Å². The third-order valence-electron chi connectivity index (χ3n) is 6.09. The minimum absolute atomic E-state index is 0.110. The highest BCUT2D eigenvalue weighted by atomic mass is 16.5. The monoisotopic (exact) mass is 490 g/mol. The van der Waals surface area contributed by atoms with E-state index >= 15 is 0 Å². The zero-order chi connectivity index (χ0) is 25.5. The van der Waals surface area contributed by atoms with Gasteiger partial charge in [0, 0.05) is 24.4 Å².